The Kier molecular flexibility index (Phi) is 10.1. The van der Waals surface area contributed by atoms with Crippen LogP contribution in [0.1, 0.15) is 103 Å². The lowest BCUT2D eigenvalue weighted by Crippen LogP contribution is -2.13. The quantitative estimate of drug-likeness (QED) is 0.347. The van der Waals surface area contributed by atoms with Crippen molar-refractivity contribution in [1.82, 2.24) is 0 Å². The van der Waals surface area contributed by atoms with Gasteiger partial charge in [0.05, 0.1) is 0 Å². The van der Waals surface area contributed by atoms with Crippen LogP contribution in [-0.4, -0.2) is 5.78 Å². The number of rotatable bonds is 10. The molecule has 112 valence electrons. The van der Waals surface area contributed by atoms with Gasteiger partial charge in [-0.25, -0.2) is 0 Å². The summed E-state index contributed by atoms with van der Waals surface area (Å²) in [7, 11) is 0. The smallest absolute Gasteiger partial charge is 0.135 e. The molecule has 0 aromatic rings. The number of unbranched alkanes of at least 4 members (excludes halogenated alkanes) is 7. The van der Waals surface area contributed by atoms with E-state index in [0.29, 0.717) is 11.7 Å². The summed E-state index contributed by atoms with van der Waals surface area (Å²) in [5, 5.41) is 0. The highest BCUT2D eigenvalue weighted by molar-refractivity contribution is 5.80. The summed E-state index contributed by atoms with van der Waals surface area (Å²) >= 11 is 0. The van der Waals surface area contributed by atoms with Gasteiger partial charge in [-0.3, -0.25) is 4.79 Å². The first-order chi connectivity index (χ1) is 9.34. The van der Waals surface area contributed by atoms with Gasteiger partial charge < -0.3 is 0 Å². The van der Waals surface area contributed by atoms with Crippen LogP contribution < -0.4 is 0 Å². The van der Waals surface area contributed by atoms with Gasteiger partial charge in [0, 0.05) is 12.3 Å². The van der Waals surface area contributed by atoms with Gasteiger partial charge in [-0.2, -0.15) is 0 Å². The number of Topliss-reactive ketones (excluding diaryl/α,β-unsaturated/α-hetero) is 1. The zero-order chi connectivity index (χ0) is 13.8. The summed E-state index contributed by atoms with van der Waals surface area (Å²) in [6, 6.07) is 0. The highest BCUT2D eigenvalue weighted by Crippen LogP contribution is 2.25. The maximum Gasteiger partial charge on any atom is 0.135 e. The Hall–Kier alpha value is -0.330. The number of carbonyl (C=O) groups excluding carboxylic acids is 1. The van der Waals surface area contributed by atoms with Gasteiger partial charge in [0.15, 0.2) is 0 Å². The van der Waals surface area contributed by atoms with E-state index in [9.17, 15) is 4.79 Å². The van der Waals surface area contributed by atoms with Crippen molar-refractivity contribution in [1.29, 1.82) is 0 Å². The fourth-order valence-corrected chi connectivity index (χ4v) is 3.24. The molecule has 0 bridgehead atoms. The maximum atomic E-state index is 12.1. The molecule has 0 unspecified atom stereocenters. The van der Waals surface area contributed by atoms with Crippen LogP contribution >= 0.6 is 0 Å². The minimum absolute atomic E-state index is 0.423. The van der Waals surface area contributed by atoms with Crippen LogP contribution in [0.25, 0.3) is 0 Å². The zero-order valence-corrected chi connectivity index (χ0v) is 13.1. The van der Waals surface area contributed by atoms with E-state index < -0.39 is 0 Å². The molecule has 0 aliphatic heterocycles. The average molecular weight is 266 g/mol. The summed E-state index contributed by atoms with van der Waals surface area (Å²) in [5.74, 6) is 1.000. The molecule has 0 N–H and O–H groups in total. The van der Waals surface area contributed by atoms with Crippen LogP contribution in [0.5, 0.6) is 0 Å². The molecule has 0 spiro atoms. The van der Waals surface area contributed by atoms with Crippen molar-refractivity contribution < 1.29 is 4.79 Å². The fourth-order valence-electron chi connectivity index (χ4n) is 3.24. The van der Waals surface area contributed by atoms with E-state index in [4.69, 9.17) is 0 Å². The molecule has 0 atom stereocenters. The van der Waals surface area contributed by atoms with Crippen molar-refractivity contribution in [3.8, 4) is 0 Å². The molecule has 1 nitrogen and oxygen atoms in total. The largest absolute Gasteiger partial charge is 0.299 e. The first-order valence-corrected chi connectivity index (χ1v) is 8.87. The molecular weight excluding hydrogens is 232 g/mol. The Morgan fingerprint density at radius 1 is 0.789 bits per heavy atom. The Morgan fingerprint density at radius 2 is 1.32 bits per heavy atom. The first-order valence-electron chi connectivity index (χ1n) is 8.87. The summed E-state index contributed by atoms with van der Waals surface area (Å²) < 4.78 is 0. The minimum atomic E-state index is 0.423. The third-order valence-electron chi connectivity index (χ3n) is 4.59. The highest BCUT2D eigenvalue weighted by Gasteiger charge is 2.18. The third kappa shape index (κ3) is 8.44. The van der Waals surface area contributed by atoms with Crippen LogP contribution in [0.4, 0.5) is 0 Å². The van der Waals surface area contributed by atoms with E-state index in [-0.39, 0.29) is 0 Å². The van der Waals surface area contributed by atoms with Gasteiger partial charge >= 0.3 is 0 Å². The van der Waals surface area contributed by atoms with E-state index in [2.05, 4.69) is 6.92 Å². The molecule has 0 heterocycles. The predicted octanol–water partition coefficient (Wildman–Crippen LogP) is 6.06. The lowest BCUT2D eigenvalue weighted by Gasteiger charge is -2.12. The molecule has 0 aromatic carbocycles. The monoisotopic (exact) mass is 266 g/mol. The summed E-state index contributed by atoms with van der Waals surface area (Å²) in [5.41, 5.74) is 0. The van der Waals surface area contributed by atoms with Gasteiger partial charge in [0.2, 0.25) is 0 Å². The van der Waals surface area contributed by atoms with Crippen LogP contribution in [-0.2, 0) is 4.79 Å². The van der Waals surface area contributed by atoms with E-state index in [0.717, 1.165) is 12.8 Å². The zero-order valence-electron chi connectivity index (χ0n) is 13.1. The summed E-state index contributed by atoms with van der Waals surface area (Å²) in [4.78, 5) is 12.1. The lowest BCUT2D eigenvalue weighted by molar-refractivity contribution is -0.123. The molecule has 1 aliphatic carbocycles. The summed E-state index contributed by atoms with van der Waals surface area (Å²) in [6.07, 6.45) is 19.1. The van der Waals surface area contributed by atoms with Crippen molar-refractivity contribution in [2.24, 2.45) is 5.92 Å². The topological polar surface area (TPSA) is 17.1 Å². The molecule has 1 saturated carbocycles. The molecule has 19 heavy (non-hydrogen) atoms. The second-order valence-corrected chi connectivity index (χ2v) is 6.38. The molecule has 1 aliphatic rings. The van der Waals surface area contributed by atoms with E-state index in [1.54, 1.807) is 0 Å². The minimum Gasteiger partial charge on any atom is -0.299 e. The van der Waals surface area contributed by atoms with Crippen LogP contribution in [0.2, 0.25) is 0 Å². The van der Waals surface area contributed by atoms with Gasteiger partial charge in [-0.1, -0.05) is 77.6 Å². The Morgan fingerprint density at radius 3 is 1.89 bits per heavy atom. The average Bonchev–Trinajstić information content (AvgIpc) is 2.70. The maximum absolute atomic E-state index is 12.1. The van der Waals surface area contributed by atoms with Crippen LogP contribution in [0.15, 0.2) is 0 Å². The molecule has 0 saturated heterocycles. The normalized spacial score (nSPS) is 17.3. The number of carbonyl (C=O) groups is 1. The van der Waals surface area contributed by atoms with Crippen molar-refractivity contribution in [2.75, 3.05) is 0 Å². The van der Waals surface area contributed by atoms with Crippen LogP contribution in [0.3, 0.4) is 0 Å². The second-order valence-electron chi connectivity index (χ2n) is 6.38. The summed E-state index contributed by atoms with van der Waals surface area (Å²) in [6.45, 7) is 2.26. The highest BCUT2D eigenvalue weighted by atomic mass is 16.1. The van der Waals surface area contributed by atoms with Crippen molar-refractivity contribution in [3.05, 3.63) is 0 Å². The van der Waals surface area contributed by atoms with Crippen molar-refractivity contribution in [2.45, 2.75) is 103 Å². The standard InChI is InChI=1S/C18H34O/c1-2-3-4-5-6-7-8-13-16-18(19)17-14-11-9-10-12-15-17/h17H,2-16H2,1H3. The first kappa shape index (κ1) is 16.7. The van der Waals surface area contributed by atoms with Gasteiger partial charge in [0.25, 0.3) is 0 Å². The Labute approximate surface area is 120 Å². The molecule has 0 radical (unpaired) electrons. The Balaban J connectivity index is 1.94. The SMILES string of the molecule is CCCCCCCCCCC(=O)C1CCCCCC1. The van der Waals surface area contributed by atoms with E-state index in [1.807, 2.05) is 0 Å². The van der Waals surface area contributed by atoms with Gasteiger partial charge in [-0.15, -0.1) is 0 Å². The molecule has 1 heteroatoms. The second kappa shape index (κ2) is 11.5. The van der Waals surface area contributed by atoms with Gasteiger partial charge in [-0.05, 0) is 19.3 Å². The van der Waals surface area contributed by atoms with Crippen molar-refractivity contribution in [3.63, 3.8) is 0 Å². The molecule has 0 aromatic heterocycles. The van der Waals surface area contributed by atoms with Crippen molar-refractivity contribution >= 4 is 5.78 Å². The third-order valence-corrected chi connectivity index (χ3v) is 4.59. The number of ketones is 1. The Bertz CT molecular complexity index is 214. The number of hydrogen-bond acceptors (Lipinski definition) is 1. The molecular formula is C18H34O. The van der Waals surface area contributed by atoms with E-state index in [1.165, 1.54) is 83.5 Å². The number of hydrogen-bond donors (Lipinski definition) is 0. The molecule has 0 amide bonds. The molecule has 1 fully saturated rings. The fraction of sp³-hybridized carbons (Fsp3) is 0.944. The van der Waals surface area contributed by atoms with Gasteiger partial charge in [0.1, 0.15) is 5.78 Å². The van der Waals surface area contributed by atoms with E-state index >= 15 is 0 Å². The molecule has 1 rings (SSSR count). The van der Waals surface area contributed by atoms with Crippen LogP contribution in [0, 0.1) is 5.92 Å². The lowest BCUT2D eigenvalue weighted by atomic mass is 9.92. The predicted molar refractivity (Wildman–Crippen MR) is 83.4 cm³/mol.